The van der Waals surface area contributed by atoms with E-state index in [1.54, 1.807) is 18.7 Å². The number of carbonyl (C=O) groups is 6. The smallest absolute Gasteiger partial charge is 0.418 e. The summed E-state index contributed by atoms with van der Waals surface area (Å²) < 4.78 is 78.7. The number of methoxy groups -OCH3 is 2. The highest BCUT2D eigenvalue weighted by Gasteiger charge is 2.53. The number of nitrogens with two attached hydrogens (primary N) is 2. The van der Waals surface area contributed by atoms with E-state index in [9.17, 15) is 57.3 Å². The molecule has 2 aromatic carbocycles. The van der Waals surface area contributed by atoms with Crippen LogP contribution in [0.25, 0.3) is 0 Å². The Labute approximate surface area is 469 Å². The number of phenolic OH excluding ortho intramolecular Hbond substituents is 1. The normalized spacial score (nSPS) is 27.7. The second-order valence-electron chi connectivity index (χ2n) is 20.6. The number of phenols is 1. The van der Waals surface area contributed by atoms with E-state index in [2.05, 4.69) is 15.6 Å². The number of nitrogens with one attached hydrogen (secondary N) is 2. The number of aromatic nitrogens is 1. The Hall–Kier alpha value is -7.88. The molecule has 1 aromatic heterocycles. The zero-order chi connectivity index (χ0) is 59.7. The average Bonchev–Trinajstić information content (AvgIpc) is 1.81. The first-order valence-electron chi connectivity index (χ1n) is 26.2. The molecule has 23 nitrogen and oxygen atoms in total. The van der Waals surface area contributed by atoms with Gasteiger partial charge in [0.1, 0.15) is 34.7 Å². The summed E-state index contributed by atoms with van der Waals surface area (Å²) in [4.78, 5) is 93.4. The van der Waals surface area contributed by atoms with E-state index in [0.29, 0.717) is 5.75 Å². The molecule has 2 saturated heterocycles. The molecule has 0 spiro atoms. The molecule has 0 unspecified atom stereocenters. The number of halogens is 3. The number of hydrogen-bond donors (Lipinski definition) is 7. The summed E-state index contributed by atoms with van der Waals surface area (Å²) in [5.41, 5.74) is 9.70. The lowest BCUT2D eigenvalue weighted by molar-refractivity contribution is -0.137. The number of ether oxygens (including phenoxy) is 6. The molecule has 0 saturated carbocycles. The second kappa shape index (κ2) is 24.3. The molecule has 5 bridgehead atoms. The van der Waals surface area contributed by atoms with Crippen molar-refractivity contribution in [2.45, 2.75) is 83.1 Å². The van der Waals surface area contributed by atoms with Crippen LogP contribution in [0.3, 0.4) is 0 Å². The number of aliphatic hydroxyl groups excluding tert-OH is 2. The van der Waals surface area contributed by atoms with Gasteiger partial charge >= 0.3 is 18.1 Å². The van der Waals surface area contributed by atoms with Gasteiger partial charge in [0.25, 0.3) is 17.6 Å². The number of aliphatic hydroxyl groups is 2. The number of nitrogens with zero attached hydrogens (tertiary/aromatic N) is 4. The number of fused-ring (bicyclic) bond motifs is 14. The fraction of sp³-hybridized carbons (Fsp3) is 0.446. The zero-order valence-electron chi connectivity index (χ0n) is 45.9. The second-order valence-corrected chi connectivity index (χ2v) is 20.6. The lowest BCUT2D eigenvalue weighted by Gasteiger charge is -2.40. The van der Waals surface area contributed by atoms with Gasteiger partial charge in [-0.15, -0.1) is 0 Å². The van der Waals surface area contributed by atoms with Crippen LogP contribution in [0.15, 0.2) is 84.2 Å². The van der Waals surface area contributed by atoms with Crippen molar-refractivity contribution in [1.82, 2.24) is 20.1 Å². The molecular formula is C56H65F3N8O15. The molecule has 82 heavy (non-hydrogen) atoms. The first kappa shape index (κ1) is 60.2. The van der Waals surface area contributed by atoms with Crippen LogP contribution in [0.5, 0.6) is 17.2 Å². The number of amides is 3. The predicted molar refractivity (Wildman–Crippen MR) is 287 cm³/mol. The number of morpholine rings is 1. The van der Waals surface area contributed by atoms with Crippen LogP contribution in [-0.4, -0.2) is 174 Å². The van der Waals surface area contributed by atoms with Crippen LogP contribution in [0.1, 0.15) is 80.3 Å². The lowest BCUT2D eigenvalue weighted by atomic mass is 9.82. The number of Topliss-reactive ketones (excluding diaryl/α,β-unsaturated/α-hetero) is 3. The van der Waals surface area contributed by atoms with Crippen molar-refractivity contribution in [3.8, 4) is 17.2 Å². The minimum atomic E-state index is -4.90. The Morgan fingerprint density at radius 1 is 0.890 bits per heavy atom. The quantitative estimate of drug-likeness (QED) is 0.177. The molecule has 3 amide bonds. The number of carbonyl (C=O) groups excluding carboxylic acids is 6. The zero-order valence-corrected chi connectivity index (χ0v) is 45.9. The van der Waals surface area contributed by atoms with Crippen LogP contribution in [0.4, 0.5) is 29.3 Å². The first-order valence-corrected chi connectivity index (χ1v) is 26.2. The number of alkyl halides is 3. The van der Waals surface area contributed by atoms with Crippen molar-refractivity contribution < 1.29 is 85.7 Å². The molecule has 9 rings (SSSR count). The number of allylic oxidation sites excluding steroid dienone is 4. The SMILES string of the molecule is COc1cncc(NC(=O)c2ccc(N3CCN(C(=O)O[C@@H]4[C@H](C)[C@@H](OC)C=CO[C@@]5(C)Oc6c(C)c(O)c7c(c6C5=O)C(=O)C(N5CCOCC5)=C(NC(=O)/C(C)=C\C=C\[C@H](C)[C@H](O)[C@@H](N)[C@@H](O)[C@H]4N)C7=O)CC3)c(C(F)(F)F)c2)c1. The van der Waals surface area contributed by atoms with E-state index < -0.39 is 124 Å². The third-order valence-electron chi connectivity index (χ3n) is 15.3. The highest BCUT2D eigenvalue weighted by Crippen LogP contribution is 2.49. The first-order chi connectivity index (χ1) is 38.8. The Morgan fingerprint density at radius 2 is 1.59 bits per heavy atom. The molecule has 1 aliphatic carbocycles. The van der Waals surface area contributed by atoms with Gasteiger partial charge in [0, 0.05) is 93.6 Å². The fourth-order valence-electron chi connectivity index (χ4n) is 10.4. The number of anilines is 2. The van der Waals surface area contributed by atoms with Gasteiger partial charge in [-0.25, -0.2) is 4.79 Å². The third kappa shape index (κ3) is 11.9. The molecule has 5 aliphatic heterocycles. The lowest BCUT2D eigenvalue weighted by Crippen LogP contribution is -2.61. The van der Waals surface area contributed by atoms with Crippen LogP contribution < -0.4 is 36.5 Å². The van der Waals surface area contributed by atoms with E-state index in [0.717, 1.165) is 12.3 Å². The van der Waals surface area contributed by atoms with Gasteiger partial charge in [-0.1, -0.05) is 32.1 Å². The maximum absolute atomic E-state index is 14.9. The van der Waals surface area contributed by atoms with Crippen LogP contribution in [0, 0.1) is 18.8 Å². The highest BCUT2D eigenvalue weighted by molar-refractivity contribution is 6.32. The van der Waals surface area contributed by atoms with E-state index >= 15 is 0 Å². The van der Waals surface area contributed by atoms with E-state index in [-0.39, 0.29) is 97.6 Å². The molecule has 6 aliphatic rings. The Morgan fingerprint density at radius 3 is 2.24 bits per heavy atom. The fourth-order valence-corrected chi connectivity index (χ4v) is 10.4. The van der Waals surface area contributed by atoms with Crippen LogP contribution in [-0.2, 0) is 29.9 Å². The van der Waals surface area contributed by atoms with Gasteiger partial charge in [0.2, 0.25) is 11.6 Å². The van der Waals surface area contributed by atoms with Crippen molar-refractivity contribution in [2.24, 2.45) is 23.3 Å². The summed E-state index contributed by atoms with van der Waals surface area (Å²) in [6, 6.07) is 1.51. The van der Waals surface area contributed by atoms with E-state index in [1.165, 1.54) is 99.7 Å². The van der Waals surface area contributed by atoms with Gasteiger partial charge in [-0.05, 0) is 38.1 Å². The number of aromatic hydroxyl groups is 1. The summed E-state index contributed by atoms with van der Waals surface area (Å²) in [6.07, 6.45) is -2.55. The number of rotatable bonds is 7. The summed E-state index contributed by atoms with van der Waals surface area (Å²) in [6.45, 7) is 7.11. The molecule has 440 valence electrons. The average molecular weight is 1150 g/mol. The monoisotopic (exact) mass is 1150 g/mol. The summed E-state index contributed by atoms with van der Waals surface area (Å²) in [5.74, 6) is -9.12. The maximum Gasteiger partial charge on any atom is 0.418 e. The van der Waals surface area contributed by atoms with E-state index in [1.807, 2.05) is 0 Å². The Kier molecular flexibility index (Phi) is 17.8. The minimum absolute atomic E-state index is 0.0241. The molecule has 26 heteroatoms. The van der Waals surface area contributed by atoms with Crippen molar-refractivity contribution >= 4 is 46.6 Å². The predicted octanol–water partition coefficient (Wildman–Crippen LogP) is 3.74. The van der Waals surface area contributed by atoms with Gasteiger partial charge in [0.05, 0.1) is 97.3 Å². The molecule has 3 aromatic rings. The van der Waals surface area contributed by atoms with Crippen LogP contribution in [0.2, 0.25) is 0 Å². The van der Waals surface area contributed by atoms with Crippen molar-refractivity contribution in [3.63, 3.8) is 0 Å². The molecule has 0 radical (unpaired) electrons. The minimum Gasteiger partial charge on any atom is -0.507 e. The number of pyridine rings is 1. The molecule has 9 N–H and O–H groups in total. The molecule has 9 atom stereocenters. The van der Waals surface area contributed by atoms with E-state index in [4.69, 9.17) is 39.9 Å². The van der Waals surface area contributed by atoms with Crippen molar-refractivity contribution in [3.05, 3.63) is 118 Å². The van der Waals surface area contributed by atoms with Crippen LogP contribution >= 0.6 is 0 Å². The number of piperazine rings is 1. The summed E-state index contributed by atoms with van der Waals surface area (Å²) in [7, 11) is 2.68. The van der Waals surface area contributed by atoms with Gasteiger partial charge in [0.15, 0.2) is 0 Å². The topological polar surface area (TPSA) is 317 Å². The number of ketones is 3. The molecular weight excluding hydrogens is 1080 g/mol. The maximum atomic E-state index is 14.9. The Bertz CT molecular complexity index is 3150. The van der Waals surface area contributed by atoms with Gasteiger partial charge in [-0.2, -0.15) is 13.2 Å². The van der Waals surface area contributed by atoms with Crippen molar-refractivity contribution in [2.75, 3.05) is 76.9 Å². The third-order valence-corrected chi connectivity index (χ3v) is 15.3. The van der Waals surface area contributed by atoms with Crippen molar-refractivity contribution in [1.29, 1.82) is 0 Å². The summed E-state index contributed by atoms with van der Waals surface area (Å²) >= 11 is 0. The van der Waals surface area contributed by atoms with Gasteiger partial charge < -0.3 is 80.5 Å². The molecule has 6 heterocycles. The standard InChI is InChI=1S/C56H65F3N8O15/c1-27-9-8-10-28(2)52(74)64-42-43(66-18-21-79-22-19-66)47(71)37-38(46(42)70)45(69)30(4)49-39(37)51(73)55(5,82-49)80-20-13-36(78-7)29(3)50(41(61)48(72)40(60)44(27)68)81-54(76)67-16-14-65(15-17-67)35-12-11-31(23-34(35)56(57,58)59)53(75)63-32-24-33(77-6)26-62-25-32/h8-13,20,23-27,29,36,40-41,44,48,50,68-69,72H,14-19,21-22,60-61H2,1-7H3,(H,63,75)(H,64,74)/b9-8+,20-13?,28-10-/t27-,29+,36-,40+,41+,44-,48+,50+,55-/m0/s1. The summed E-state index contributed by atoms with van der Waals surface area (Å²) in [5, 5.41) is 40.0. The number of hydrogen-bond acceptors (Lipinski definition) is 20. The Balaban J connectivity index is 1.08. The number of benzene rings is 2. The highest BCUT2D eigenvalue weighted by atomic mass is 19.4. The largest absolute Gasteiger partial charge is 0.507 e. The van der Waals surface area contributed by atoms with Gasteiger partial charge in [-0.3, -0.25) is 29.0 Å². The molecule has 2 fully saturated rings.